The summed E-state index contributed by atoms with van der Waals surface area (Å²) in [5, 5.41) is 12.0. The standard InChI is InChI=1S/C9H19N3O/c10-12-11-8-6-4-2-1-3-5-7-9-13/h13H,1-9H2. The highest BCUT2D eigenvalue weighted by atomic mass is 16.2. The minimum Gasteiger partial charge on any atom is -0.396 e. The van der Waals surface area contributed by atoms with Crippen molar-refractivity contribution < 1.29 is 5.11 Å². The largest absolute Gasteiger partial charge is 0.396 e. The Morgan fingerprint density at radius 1 is 0.923 bits per heavy atom. The normalized spacial score (nSPS) is 9.62. The number of nitrogens with zero attached hydrogens (tertiary/aromatic N) is 3. The highest BCUT2D eigenvalue weighted by Crippen LogP contribution is 2.06. The monoisotopic (exact) mass is 185 g/mol. The maximum absolute atomic E-state index is 8.52. The minimum atomic E-state index is 0.316. The highest BCUT2D eigenvalue weighted by Gasteiger charge is 1.90. The Bertz CT molecular complexity index is 144. The molecule has 0 aromatic heterocycles. The molecular formula is C9H19N3O. The van der Waals surface area contributed by atoms with Gasteiger partial charge < -0.3 is 5.11 Å². The highest BCUT2D eigenvalue weighted by molar-refractivity contribution is 4.49. The lowest BCUT2D eigenvalue weighted by Crippen LogP contribution is -1.85. The van der Waals surface area contributed by atoms with Crippen molar-refractivity contribution in [3.63, 3.8) is 0 Å². The summed E-state index contributed by atoms with van der Waals surface area (Å²) >= 11 is 0. The summed E-state index contributed by atoms with van der Waals surface area (Å²) in [4.78, 5) is 2.69. The van der Waals surface area contributed by atoms with Crippen molar-refractivity contribution in [1.82, 2.24) is 0 Å². The fourth-order valence-corrected chi connectivity index (χ4v) is 1.22. The molecule has 0 fully saturated rings. The molecule has 0 spiro atoms. The van der Waals surface area contributed by atoms with Gasteiger partial charge in [0, 0.05) is 18.1 Å². The van der Waals surface area contributed by atoms with Gasteiger partial charge in [0.2, 0.25) is 0 Å². The van der Waals surface area contributed by atoms with Crippen LogP contribution in [0.5, 0.6) is 0 Å². The topological polar surface area (TPSA) is 69.0 Å². The molecule has 4 nitrogen and oxygen atoms in total. The van der Waals surface area contributed by atoms with Gasteiger partial charge in [0.15, 0.2) is 0 Å². The first kappa shape index (κ1) is 12.3. The van der Waals surface area contributed by atoms with Gasteiger partial charge in [0.1, 0.15) is 0 Å². The zero-order valence-electron chi connectivity index (χ0n) is 8.15. The summed E-state index contributed by atoms with van der Waals surface area (Å²) in [6.45, 7) is 0.948. The number of hydrogen-bond donors (Lipinski definition) is 1. The van der Waals surface area contributed by atoms with E-state index in [2.05, 4.69) is 10.0 Å². The fraction of sp³-hybridized carbons (Fsp3) is 1.00. The Morgan fingerprint density at radius 2 is 1.46 bits per heavy atom. The molecule has 0 rings (SSSR count). The molecule has 0 aliphatic rings. The van der Waals surface area contributed by atoms with Gasteiger partial charge in [0.25, 0.3) is 0 Å². The van der Waals surface area contributed by atoms with Crippen LogP contribution in [0.4, 0.5) is 0 Å². The second kappa shape index (κ2) is 11.3. The molecule has 13 heavy (non-hydrogen) atoms. The van der Waals surface area contributed by atoms with Crippen LogP contribution in [0.3, 0.4) is 0 Å². The predicted octanol–water partition coefficient (Wildman–Crippen LogP) is 3.02. The van der Waals surface area contributed by atoms with Crippen LogP contribution in [0.1, 0.15) is 44.9 Å². The summed E-state index contributed by atoms with van der Waals surface area (Å²) in [5.41, 5.74) is 8.00. The molecule has 0 saturated heterocycles. The molecule has 0 radical (unpaired) electrons. The van der Waals surface area contributed by atoms with E-state index in [4.69, 9.17) is 10.6 Å². The van der Waals surface area contributed by atoms with Crippen molar-refractivity contribution in [2.24, 2.45) is 5.11 Å². The van der Waals surface area contributed by atoms with Crippen molar-refractivity contribution in [2.75, 3.05) is 13.2 Å². The average Bonchev–Trinajstić information content (AvgIpc) is 2.16. The van der Waals surface area contributed by atoms with Crippen LogP contribution in [-0.2, 0) is 0 Å². The van der Waals surface area contributed by atoms with Gasteiger partial charge in [-0.1, -0.05) is 37.2 Å². The third-order valence-electron chi connectivity index (χ3n) is 1.98. The Labute approximate surface area is 79.6 Å². The minimum absolute atomic E-state index is 0.316. The van der Waals surface area contributed by atoms with E-state index in [1.54, 1.807) is 0 Å². The maximum Gasteiger partial charge on any atom is 0.0431 e. The lowest BCUT2D eigenvalue weighted by atomic mass is 10.1. The summed E-state index contributed by atoms with van der Waals surface area (Å²) in [7, 11) is 0. The predicted molar refractivity (Wildman–Crippen MR) is 53.4 cm³/mol. The summed E-state index contributed by atoms with van der Waals surface area (Å²) < 4.78 is 0. The molecule has 0 aromatic carbocycles. The third-order valence-corrected chi connectivity index (χ3v) is 1.98. The van der Waals surface area contributed by atoms with Crippen LogP contribution in [-0.4, -0.2) is 18.3 Å². The van der Waals surface area contributed by atoms with Gasteiger partial charge >= 0.3 is 0 Å². The van der Waals surface area contributed by atoms with E-state index in [0.29, 0.717) is 13.2 Å². The second-order valence-corrected chi connectivity index (χ2v) is 3.15. The van der Waals surface area contributed by atoms with Crippen LogP contribution in [0.15, 0.2) is 5.11 Å². The lowest BCUT2D eigenvalue weighted by molar-refractivity contribution is 0.282. The first-order valence-electron chi connectivity index (χ1n) is 5.03. The molecule has 4 heteroatoms. The lowest BCUT2D eigenvalue weighted by Gasteiger charge is -1.98. The maximum atomic E-state index is 8.52. The SMILES string of the molecule is [N-]=[N+]=NCCCCCCCCCO. The average molecular weight is 185 g/mol. The molecule has 0 aliphatic heterocycles. The first-order valence-corrected chi connectivity index (χ1v) is 5.03. The molecular weight excluding hydrogens is 166 g/mol. The number of aliphatic hydroxyl groups excluding tert-OH is 1. The van der Waals surface area contributed by atoms with E-state index < -0.39 is 0 Å². The molecule has 0 unspecified atom stereocenters. The second-order valence-electron chi connectivity index (χ2n) is 3.15. The van der Waals surface area contributed by atoms with E-state index in [-0.39, 0.29) is 0 Å². The summed E-state index contributed by atoms with van der Waals surface area (Å²) in [6.07, 6.45) is 7.87. The third kappa shape index (κ3) is 11.3. The van der Waals surface area contributed by atoms with Gasteiger partial charge in [-0.15, -0.1) is 0 Å². The van der Waals surface area contributed by atoms with E-state index in [1.807, 2.05) is 0 Å². The van der Waals surface area contributed by atoms with Gasteiger partial charge in [-0.3, -0.25) is 0 Å². The number of aliphatic hydroxyl groups is 1. The van der Waals surface area contributed by atoms with E-state index >= 15 is 0 Å². The van der Waals surface area contributed by atoms with Crippen molar-refractivity contribution in [2.45, 2.75) is 44.9 Å². The number of azide groups is 1. The van der Waals surface area contributed by atoms with E-state index in [1.165, 1.54) is 19.3 Å². The molecule has 0 saturated carbocycles. The number of unbranched alkanes of at least 4 members (excludes halogenated alkanes) is 6. The molecule has 0 heterocycles. The summed E-state index contributed by atoms with van der Waals surface area (Å²) in [6, 6.07) is 0. The van der Waals surface area contributed by atoms with Gasteiger partial charge in [0.05, 0.1) is 0 Å². The van der Waals surface area contributed by atoms with Crippen LogP contribution >= 0.6 is 0 Å². The quantitative estimate of drug-likeness (QED) is 0.255. The van der Waals surface area contributed by atoms with Crippen LogP contribution < -0.4 is 0 Å². The van der Waals surface area contributed by atoms with Crippen LogP contribution in [0, 0.1) is 0 Å². The van der Waals surface area contributed by atoms with Gasteiger partial charge in [-0.2, -0.15) is 0 Å². The Morgan fingerprint density at radius 3 is 2.00 bits per heavy atom. The Balaban J connectivity index is 2.87. The Kier molecular flexibility index (Phi) is 10.6. The van der Waals surface area contributed by atoms with Gasteiger partial charge in [-0.05, 0) is 18.4 Å². The summed E-state index contributed by atoms with van der Waals surface area (Å²) in [5.74, 6) is 0. The van der Waals surface area contributed by atoms with Crippen molar-refractivity contribution in [3.8, 4) is 0 Å². The van der Waals surface area contributed by atoms with E-state index in [0.717, 1.165) is 25.7 Å². The number of hydrogen-bond acceptors (Lipinski definition) is 2. The van der Waals surface area contributed by atoms with Crippen LogP contribution in [0.2, 0.25) is 0 Å². The molecule has 0 aromatic rings. The molecule has 1 N–H and O–H groups in total. The first-order chi connectivity index (χ1) is 6.41. The van der Waals surface area contributed by atoms with Crippen molar-refractivity contribution in [3.05, 3.63) is 10.4 Å². The molecule has 0 bridgehead atoms. The van der Waals surface area contributed by atoms with Crippen molar-refractivity contribution >= 4 is 0 Å². The fourth-order valence-electron chi connectivity index (χ4n) is 1.22. The van der Waals surface area contributed by atoms with Gasteiger partial charge in [-0.25, -0.2) is 0 Å². The molecule has 0 atom stereocenters. The van der Waals surface area contributed by atoms with Crippen molar-refractivity contribution in [1.29, 1.82) is 0 Å². The Hall–Kier alpha value is -0.730. The van der Waals surface area contributed by atoms with Crippen LogP contribution in [0.25, 0.3) is 10.4 Å². The zero-order chi connectivity index (χ0) is 9.78. The molecule has 0 amide bonds. The molecule has 76 valence electrons. The van der Waals surface area contributed by atoms with E-state index in [9.17, 15) is 0 Å². The molecule has 0 aliphatic carbocycles. The number of rotatable bonds is 9. The zero-order valence-corrected chi connectivity index (χ0v) is 8.15. The smallest absolute Gasteiger partial charge is 0.0431 e.